The maximum atomic E-state index is 5.95. The summed E-state index contributed by atoms with van der Waals surface area (Å²) in [5.41, 5.74) is -0.589. The predicted molar refractivity (Wildman–Crippen MR) is 69.3 cm³/mol. The third-order valence-electron chi connectivity index (χ3n) is 4.35. The molecule has 0 N–H and O–H groups in total. The Morgan fingerprint density at radius 3 is 2.24 bits per heavy atom. The fourth-order valence-electron chi connectivity index (χ4n) is 3.38. The van der Waals surface area contributed by atoms with E-state index in [9.17, 15) is 0 Å². The predicted octanol–water partition coefficient (Wildman–Crippen LogP) is 3.02. The molecule has 1 saturated carbocycles. The summed E-state index contributed by atoms with van der Waals surface area (Å²) < 4.78 is 17.5. The zero-order valence-electron chi connectivity index (χ0n) is 12.2. The first-order chi connectivity index (χ1) is 7.95. The molecule has 0 aromatic carbocycles. The molecule has 3 atom stereocenters. The summed E-state index contributed by atoms with van der Waals surface area (Å²) >= 11 is 0. The first kappa shape index (κ1) is 14.9. The van der Waals surface area contributed by atoms with Crippen LogP contribution in [0.2, 0.25) is 0 Å². The second-order valence-electron chi connectivity index (χ2n) is 5.74. The molecule has 1 fully saturated rings. The van der Waals surface area contributed by atoms with E-state index in [1.54, 1.807) is 21.3 Å². The topological polar surface area (TPSA) is 27.7 Å². The zero-order valence-corrected chi connectivity index (χ0v) is 12.2. The molecule has 0 spiro atoms. The van der Waals surface area contributed by atoms with Gasteiger partial charge in [0, 0.05) is 21.3 Å². The molecule has 0 aliphatic heterocycles. The van der Waals surface area contributed by atoms with Crippen molar-refractivity contribution in [1.29, 1.82) is 0 Å². The SMILES string of the molecule is COC1CCCC(C)(OC)C1(CC(C)C)OC. The van der Waals surface area contributed by atoms with Crippen LogP contribution in [0.3, 0.4) is 0 Å². The van der Waals surface area contributed by atoms with E-state index < -0.39 is 0 Å². The fourth-order valence-corrected chi connectivity index (χ4v) is 3.38. The molecule has 3 heteroatoms. The Hall–Kier alpha value is -0.120. The van der Waals surface area contributed by atoms with Gasteiger partial charge >= 0.3 is 0 Å². The molecule has 0 heterocycles. The molecule has 0 aromatic heterocycles. The van der Waals surface area contributed by atoms with Crippen LogP contribution >= 0.6 is 0 Å². The maximum Gasteiger partial charge on any atom is 0.123 e. The Kier molecular flexibility index (Phi) is 4.99. The van der Waals surface area contributed by atoms with E-state index in [1.807, 2.05) is 0 Å². The Morgan fingerprint density at radius 1 is 1.18 bits per heavy atom. The fraction of sp³-hybridized carbons (Fsp3) is 1.00. The van der Waals surface area contributed by atoms with Crippen LogP contribution in [0.4, 0.5) is 0 Å². The van der Waals surface area contributed by atoms with Crippen LogP contribution in [-0.2, 0) is 14.2 Å². The van der Waals surface area contributed by atoms with Gasteiger partial charge in [0.15, 0.2) is 0 Å². The maximum absolute atomic E-state index is 5.95. The molecule has 0 aromatic rings. The van der Waals surface area contributed by atoms with Gasteiger partial charge in [-0.15, -0.1) is 0 Å². The van der Waals surface area contributed by atoms with Crippen LogP contribution in [0.5, 0.6) is 0 Å². The molecule has 0 saturated heterocycles. The summed E-state index contributed by atoms with van der Waals surface area (Å²) in [6, 6.07) is 0. The standard InChI is InChI=1S/C14H28O3/c1-11(2)10-14(17-6)12(15-4)8-7-9-13(14,3)16-5/h11-12H,7-10H2,1-6H3. The summed E-state index contributed by atoms with van der Waals surface area (Å²) in [6.07, 6.45) is 4.30. The quantitative estimate of drug-likeness (QED) is 0.744. The molecule has 1 aliphatic rings. The van der Waals surface area contributed by atoms with Crippen LogP contribution in [0.15, 0.2) is 0 Å². The Morgan fingerprint density at radius 2 is 1.82 bits per heavy atom. The molecule has 17 heavy (non-hydrogen) atoms. The average molecular weight is 244 g/mol. The highest BCUT2D eigenvalue weighted by Gasteiger charge is 2.56. The molecule has 1 rings (SSSR count). The minimum atomic E-state index is -0.330. The number of hydrogen-bond donors (Lipinski definition) is 0. The van der Waals surface area contributed by atoms with Gasteiger partial charge in [0.05, 0.1) is 11.7 Å². The summed E-state index contributed by atoms with van der Waals surface area (Å²) in [5, 5.41) is 0. The van der Waals surface area contributed by atoms with Crippen LogP contribution in [0.1, 0.15) is 46.5 Å². The lowest BCUT2D eigenvalue weighted by Crippen LogP contribution is -2.65. The lowest BCUT2D eigenvalue weighted by Gasteiger charge is -2.54. The van der Waals surface area contributed by atoms with Gasteiger partial charge in [-0.05, 0) is 38.5 Å². The highest BCUT2D eigenvalue weighted by molar-refractivity contribution is 5.08. The van der Waals surface area contributed by atoms with Crippen LogP contribution in [0, 0.1) is 5.92 Å². The second kappa shape index (κ2) is 5.68. The Balaban J connectivity index is 3.11. The third-order valence-corrected chi connectivity index (χ3v) is 4.35. The largest absolute Gasteiger partial charge is 0.378 e. The summed E-state index contributed by atoms with van der Waals surface area (Å²) in [6.45, 7) is 6.60. The van der Waals surface area contributed by atoms with Gasteiger partial charge in [-0.1, -0.05) is 13.8 Å². The van der Waals surface area contributed by atoms with Gasteiger partial charge in [-0.25, -0.2) is 0 Å². The van der Waals surface area contributed by atoms with Crippen LogP contribution in [-0.4, -0.2) is 38.6 Å². The van der Waals surface area contributed by atoms with Crippen molar-refractivity contribution >= 4 is 0 Å². The van der Waals surface area contributed by atoms with E-state index in [0.717, 1.165) is 25.7 Å². The molecule has 3 nitrogen and oxygen atoms in total. The highest BCUT2D eigenvalue weighted by atomic mass is 16.6. The van der Waals surface area contributed by atoms with Gasteiger partial charge < -0.3 is 14.2 Å². The van der Waals surface area contributed by atoms with Gasteiger partial charge in [0.1, 0.15) is 5.60 Å². The van der Waals surface area contributed by atoms with Crippen molar-refractivity contribution < 1.29 is 14.2 Å². The van der Waals surface area contributed by atoms with Crippen molar-refractivity contribution in [3.63, 3.8) is 0 Å². The van der Waals surface area contributed by atoms with Crippen molar-refractivity contribution in [3.05, 3.63) is 0 Å². The van der Waals surface area contributed by atoms with E-state index in [2.05, 4.69) is 20.8 Å². The molecule has 102 valence electrons. The smallest absolute Gasteiger partial charge is 0.123 e. The first-order valence-corrected chi connectivity index (χ1v) is 6.59. The number of ether oxygens (including phenoxy) is 3. The number of hydrogen-bond acceptors (Lipinski definition) is 3. The minimum Gasteiger partial charge on any atom is -0.378 e. The van der Waals surface area contributed by atoms with Crippen LogP contribution < -0.4 is 0 Å². The summed E-state index contributed by atoms with van der Waals surface area (Å²) in [4.78, 5) is 0. The highest BCUT2D eigenvalue weighted by Crippen LogP contribution is 2.46. The third kappa shape index (κ3) is 2.51. The molecule has 0 bridgehead atoms. The number of methoxy groups -OCH3 is 3. The summed E-state index contributed by atoms with van der Waals surface area (Å²) in [7, 11) is 5.35. The van der Waals surface area contributed by atoms with Crippen molar-refractivity contribution in [2.45, 2.75) is 63.8 Å². The van der Waals surface area contributed by atoms with Crippen molar-refractivity contribution in [1.82, 2.24) is 0 Å². The van der Waals surface area contributed by atoms with E-state index in [1.165, 1.54) is 0 Å². The van der Waals surface area contributed by atoms with E-state index in [0.29, 0.717) is 5.92 Å². The summed E-state index contributed by atoms with van der Waals surface area (Å²) in [5.74, 6) is 0.556. The van der Waals surface area contributed by atoms with Gasteiger partial charge in [0.2, 0.25) is 0 Å². The first-order valence-electron chi connectivity index (χ1n) is 6.59. The Labute approximate surface area is 106 Å². The van der Waals surface area contributed by atoms with E-state index in [4.69, 9.17) is 14.2 Å². The van der Waals surface area contributed by atoms with Crippen molar-refractivity contribution in [3.8, 4) is 0 Å². The van der Waals surface area contributed by atoms with Crippen LogP contribution in [0.25, 0.3) is 0 Å². The average Bonchev–Trinajstić information content (AvgIpc) is 2.31. The molecule has 3 unspecified atom stereocenters. The molecule has 1 aliphatic carbocycles. The lowest BCUT2D eigenvalue weighted by atomic mass is 9.67. The Bertz CT molecular complexity index is 242. The van der Waals surface area contributed by atoms with Gasteiger partial charge in [-0.2, -0.15) is 0 Å². The monoisotopic (exact) mass is 244 g/mol. The van der Waals surface area contributed by atoms with E-state index >= 15 is 0 Å². The lowest BCUT2D eigenvalue weighted by molar-refractivity contribution is -0.252. The zero-order chi connectivity index (χ0) is 13.1. The van der Waals surface area contributed by atoms with Crippen molar-refractivity contribution in [2.24, 2.45) is 5.92 Å². The molecule has 0 amide bonds. The molecular formula is C14H28O3. The number of rotatable bonds is 5. The minimum absolute atomic E-state index is 0.119. The second-order valence-corrected chi connectivity index (χ2v) is 5.74. The molecular weight excluding hydrogens is 216 g/mol. The molecule has 0 radical (unpaired) electrons. The normalized spacial score (nSPS) is 38.6. The van der Waals surface area contributed by atoms with E-state index in [-0.39, 0.29) is 17.3 Å². The van der Waals surface area contributed by atoms with Gasteiger partial charge in [-0.3, -0.25) is 0 Å². The van der Waals surface area contributed by atoms with Crippen molar-refractivity contribution in [2.75, 3.05) is 21.3 Å². The van der Waals surface area contributed by atoms with Gasteiger partial charge in [0.25, 0.3) is 0 Å².